The van der Waals surface area contributed by atoms with Gasteiger partial charge < -0.3 is 5.32 Å². The van der Waals surface area contributed by atoms with Gasteiger partial charge in [-0.25, -0.2) is 9.97 Å². The summed E-state index contributed by atoms with van der Waals surface area (Å²) >= 11 is 6.06. The number of halogens is 1. The van der Waals surface area contributed by atoms with Gasteiger partial charge >= 0.3 is 0 Å². The molecular formula is C12H14ClN3. The summed E-state index contributed by atoms with van der Waals surface area (Å²) < 4.78 is 0. The Kier molecular flexibility index (Phi) is 2.56. The van der Waals surface area contributed by atoms with Crippen molar-refractivity contribution in [1.29, 1.82) is 0 Å². The zero-order chi connectivity index (χ0) is 11.0. The molecule has 0 aromatic carbocycles. The average Bonchev–Trinajstić information content (AvgIpc) is 2.76. The van der Waals surface area contributed by atoms with Crippen molar-refractivity contribution in [3.8, 4) is 0 Å². The minimum Gasteiger partial charge on any atom is -0.363 e. The summed E-state index contributed by atoms with van der Waals surface area (Å²) in [5.74, 6) is 0.913. The molecule has 0 saturated carbocycles. The van der Waals surface area contributed by atoms with Crippen LogP contribution in [0.15, 0.2) is 18.0 Å². The summed E-state index contributed by atoms with van der Waals surface area (Å²) in [6.07, 6.45) is 9.87. The molecule has 1 aliphatic carbocycles. The highest BCUT2D eigenvalue weighted by Gasteiger charge is 2.27. The Hall–Kier alpha value is -1.09. The van der Waals surface area contributed by atoms with Gasteiger partial charge in [-0.3, -0.25) is 0 Å². The first-order valence-corrected chi connectivity index (χ1v) is 6.17. The molecule has 0 fully saturated rings. The standard InChI is InChI=1S/C12H14ClN3/c13-11-9-6-10(8-4-2-1-3-5-8)16-12(9)15-7-14-11/h4,7,10H,1-3,5-6H2,(H,14,15,16). The van der Waals surface area contributed by atoms with Crippen molar-refractivity contribution in [2.24, 2.45) is 0 Å². The lowest BCUT2D eigenvalue weighted by molar-refractivity contribution is 0.656. The zero-order valence-electron chi connectivity index (χ0n) is 9.04. The molecule has 0 bridgehead atoms. The van der Waals surface area contributed by atoms with E-state index in [-0.39, 0.29) is 0 Å². The molecule has 3 rings (SSSR count). The van der Waals surface area contributed by atoms with E-state index in [4.69, 9.17) is 11.6 Å². The van der Waals surface area contributed by atoms with Crippen molar-refractivity contribution in [1.82, 2.24) is 9.97 Å². The molecular weight excluding hydrogens is 222 g/mol. The number of nitrogens with one attached hydrogen (secondary N) is 1. The number of anilines is 1. The van der Waals surface area contributed by atoms with E-state index in [0.717, 1.165) is 17.8 Å². The van der Waals surface area contributed by atoms with Crippen molar-refractivity contribution in [3.63, 3.8) is 0 Å². The highest BCUT2D eigenvalue weighted by Crippen LogP contribution is 2.33. The van der Waals surface area contributed by atoms with E-state index in [2.05, 4.69) is 21.4 Å². The topological polar surface area (TPSA) is 37.8 Å². The van der Waals surface area contributed by atoms with Crippen LogP contribution in [0.5, 0.6) is 0 Å². The maximum Gasteiger partial charge on any atom is 0.137 e. The number of aromatic nitrogens is 2. The number of nitrogens with zero attached hydrogens (tertiary/aromatic N) is 2. The predicted molar refractivity (Wildman–Crippen MR) is 64.7 cm³/mol. The van der Waals surface area contributed by atoms with Gasteiger partial charge in [-0.05, 0) is 25.7 Å². The fourth-order valence-electron chi connectivity index (χ4n) is 2.52. The lowest BCUT2D eigenvalue weighted by Gasteiger charge is -2.19. The van der Waals surface area contributed by atoms with Gasteiger partial charge in [-0.1, -0.05) is 23.3 Å². The Morgan fingerprint density at radius 3 is 3.00 bits per heavy atom. The molecule has 84 valence electrons. The molecule has 0 amide bonds. The van der Waals surface area contributed by atoms with Crippen molar-refractivity contribution in [2.75, 3.05) is 5.32 Å². The monoisotopic (exact) mass is 235 g/mol. The van der Waals surface area contributed by atoms with Crippen molar-refractivity contribution < 1.29 is 0 Å². The third-order valence-corrected chi connectivity index (χ3v) is 3.71. The smallest absolute Gasteiger partial charge is 0.137 e. The first-order chi connectivity index (χ1) is 7.84. The minimum absolute atomic E-state index is 0.393. The molecule has 1 aromatic heterocycles. The minimum atomic E-state index is 0.393. The molecule has 1 aromatic rings. The average molecular weight is 236 g/mol. The second kappa shape index (κ2) is 4.06. The summed E-state index contributed by atoms with van der Waals surface area (Å²) in [7, 11) is 0. The second-order valence-electron chi connectivity index (χ2n) is 4.42. The molecule has 0 radical (unpaired) electrons. The molecule has 1 N–H and O–H groups in total. The first kappa shape index (κ1) is 10.1. The molecule has 2 aliphatic rings. The van der Waals surface area contributed by atoms with Crippen LogP contribution in [0.25, 0.3) is 0 Å². The van der Waals surface area contributed by atoms with Gasteiger partial charge in [0, 0.05) is 12.0 Å². The van der Waals surface area contributed by atoms with E-state index >= 15 is 0 Å². The van der Waals surface area contributed by atoms with Crippen LogP contribution >= 0.6 is 11.6 Å². The van der Waals surface area contributed by atoms with Crippen LogP contribution in [0.4, 0.5) is 5.82 Å². The number of rotatable bonds is 1. The van der Waals surface area contributed by atoms with Crippen LogP contribution in [0.1, 0.15) is 31.2 Å². The Morgan fingerprint density at radius 2 is 2.25 bits per heavy atom. The lowest BCUT2D eigenvalue weighted by Crippen LogP contribution is -2.19. The third kappa shape index (κ3) is 1.69. The molecule has 3 nitrogen and oxygen atoms in total. The van der Waals surface area contributed by atoms with Gasteiger partial charge in [0.05, 0.1) is 6.04 Å². The van der Waals surface area contributed by atoms with Crippen molar-refractivity contribution in [2.45, 2.75) is 38.1 Å². The summed E-state index contributed by atoms with van der Waals surface area (Å²) in [4.78, 5) is 8.26. The summed E-state index contributed by atoms with van der Waals surface area (Å²) in [5, 5.41) is 4.04. The number of allylic oxidation sites excluding steroid dienone is 1. The Labute approximate surface area is 99.9 Å². The van der Waals surface area contributed by atoms with Crippen LogP contribution in [-0.2, 0) is 6.42 Å². The molecule has 0 saturated heterocycles. The normalized spacial score (nSPS) is 23.6. The van der Waals surface area contributed by atoms with E-state index in [9.17, 15) is 0 Å². The van der Waals surface area contributed by atoms with E-state index < -0.39 is 0 Å². The summed E-state index contributed by atoms with van der Waals surface area (Å²) in [6, 6.07) is 0.393. The molecule has 1 atom stereocenters. The largest absolute Gasteiger partial charge is 0.363 e. The third-order valence-electron chi connectivity index (χ3n) is 3.39. The SMILES string of the molecule is Clc1ncnc2c1CC(C1=CCCCC1)N2. The van der Waals surface area contributed by atoms with Gasteiger partial charge in [0.1, 0.15) is 17.3 Å². The van der Waals surface area contributed by atoms with Gasteiger partial charge in [-0.2, -0.15) is 0 Å². The highest BCUT2D eigenvalue weighted by atomic mass is 35.5. The van der Waals surface area contributed by atoms with Gasteiger partial charge in [-0.15, -0.1) is 0 Å². The maximum absolute atomic E-state index is 6.06. The molecule has 16 heavy (non-hydrogen) atoms. The number of hydrogen-bond donors (Lipinski definition) is 1. The first-order valence-electron chi connectivity index (χ1n) is 5.79. The summed E-state index contributed by atoms with van der Waals surface area (Å²) in [5.41, 5.74) is 2.58. The van der Waals surface area contributed by atoms with E-state index in [0.29, 0.717) is 11.2 Å². The molecule has 2 heterocycles. The van der Waals surface area contributed by atoms with Gasteiger partial charge in [0.25, 0.3) is 0 Å². The van der Waals surface area contributed by atoms with Crippen LogP contribution < -0.4 is 5.32 Å². The maximum atomic E-state index is 6.06. The van der Waals surface area contributed by atoms with Crippen LogP contribution in [0.3, 0.4) is 0 Å². The zero-order valence-corrected chi connectivity index (χ0v) is 9.80. The van der Waals surface area contributed by atoms with Crippen LogP contribution in [-0.4, -0.2) is 16.0 Å². The molecule has 0 spiro atoms. The fourth-order valence-corrected chi connectivity index (χ4v) is 2.73. The van der Waals surface area contributed by atoms with Crippen molar-refractivity contribution >= 4 is 17.4 Å². The van der Waals surface area contributed by atoms with Crippen molar-refractivity contribution in [3.05, 3.63) is 28.7 Å². The van der Waals surface area contributed by atoms with Gasteiger partial charge in [0.2, 0.25) is 0 Å². The lowest BCUT2D eigenvalue weighted by atomic mass is 9.92. The van der Waals surface area contributed by atoms with Crippen LogP contribution in [0, 0.1) is 0 Å². The molecule has 4 heteroatoms. The number of fused-ring (bicyclic) bond motifs is 1. The fraction of sp³-hybridized carbons (Fsp3) is 0.500. The predicted octanol–water partition coefficient (Wildman–Crippen LogP) is 2.97. The Morgan fingerprint density at radius 1 is 1.31 bits per heavy atom. The molecule has 1 aliphatic heterocycles. The quantitative estimate of drug-likeness (QED) is 0.601. The Balaban J connectivity index is 1.85. The summed E-state index contributed by atoms with van der Waals surface area (Å²) in [6.45, 7) is 0. The van der Waals surface area contributed by atoms with E-state index in [1.807, 2.05) is 0 Å². The van der Waals surface area contributed by atoms with E-state index in [1.54, 1.807) is 0 Å². The van der Waals surface area contributed by atoms with Crippen LogP contribution in [0.2, 0.25) is 5.15 Å². The Bertz CT molecular complexity index is 442. The molecule has 1 unspecified atom stereocenters. The van der Waals surface area contributed by atoms with E-state index in [1.165, 1.54) is 37.6 Å². The van der Waals surface area contributed by atoms with Gasteiger partial charge in [0.15, 0.2) is 0 Å². The highest BCUT2D eigenvalue weighted by molar-refractivity contribution is 6.30. The second-order valence-corrected chi connectivity index (χ2v) is 4.78. The number of hydrogen-bond acceptors (Lipinski definition) is 3.